The van der Waals surface area contributed by atoms with Gasteiger partial charge in [0.25, 0.3) is 5.69 Å². The Morgan fingerprint density at radius 3 is 2.57 bits per heavy atom. The van der Waals surface area contributed by atoms with E-state index in [4.69, 9.17) is 16.9 Å². The van der Waals surface area contributed by atoms with Crippen molar-refractivity contribution in [2.45, 2.75) is 19.4 Å². The predicted molar refractivity (Wildman–Crippen MR) is 81.6 cm³/mol. The summed E-state index contributed by atoms with van der Waals surface area (Å²) in [6.45, 7) is 5.11. The van der Waals surface area contributed by atoms with Crippen molar-refractivity contribution >= 4 is 23.0 Å². The molecule has 0 N–H and O–H groups in total. The Hall–Kier alpha value is -1.84. The quantitative estimate of drug-likeness (QED) is 0.631. The van der Waals surface area contributed by atoms with E-state index in [9.17, 15) is 10.1 Å². The molecule has 1 aromatic rings. The van der Waals surface area contributed by atoms with Crippen LogP contribution in [0.2, 0.25) is 5.02 Å². The van der Waals surface area contributed by atoms with Crippen LogP contribution in [0, 0.1) is 21.4 Å². The number of halogens is 1. The Kier molecular flexibility index (Phi) is 4.99. The minimum atomic E-state index is -0.452. The molecular formula is C14H17ClN4O2. The minimum Gasteiger partial charge on any atom is -0.368 e. The van der Waals surface area contributed by atoms with Crippen molar-refractivity contribution in [1.29, 1.82) is 5.26 Å². The highest BCUT2D eigenvalue weighted by atomic mass is 35.5. The Labute approximate surface area is 128 Å². The largest absolute Gasteiger partial charge is 0.368 e. The molecule has 1 unspecified atom stereocenters. The fourth-order valence-electron chi connectivity index (χ4n) is 2.57. The molecule has 112 valence electrons. The molecule has 1 atom stereocenters. The molecule has 1 fully saturated rings. The number of nitriles is 1. The van der Waals surface area contributed by atoms with Crippen LogP contribution >= 0.6 is 11.6 Å². The Bertz CT molecular complexity index is 565. The maximum Gasteiger partial charge on any atom is 0.271 e. The number of nitrogens with zero attached hydrogens (tertiary/aromatic N) is 4. The number of rotatable bonds is 4. The molecule has 2 rings (SSSR count). The first-order chi connectivity index (χ1) is 10.1. The molecule has 7 heteroatoms. The van der Waals surface area contributed by atoms with Gasteiger partial charge in [-0.05, 0) is 12.5 Å². The lowest BCUT2D eigenvalue weighted by molar-refractivity contribution is -0.384. The van der Waals surface area contributed by atoms with Gasteiger partial charge in [0.2, 0.25) is 0 Å². The first-order valence-corrected chi connectivity index (χ1v) is 7.27. The fraction of sp³-hybridized carbons (Fsp3) is 0.500. The van der Waals surface area contributed by atoms with Gasteiger partial charge >= 0.3 is 0 Å². The molecule has 0 aromatic heterocycles. The summed E-state index contributed by atoms with van der Waals surface area (Å²) in [5, 5.41) is 20.2. The average Bonchev–Trinajstić information content (AvgIpc) is 2.49. The molecule has 1 aliphatic heterocycles. The van der Waals surface area contributed by atoms with E-state index in [2.05, 4.69) is 15.9 Å². The van der Waals surface area contributed by atoms with Gasteiger partial charge in [0.05, 0.1) is 27.7 Å². The van der Waals surface area contributed by atoms with Gasteiger partial charge in [0.15, 0.2) is 0 Å². The van der Waals surface area contributed by atoms with Gasteiger partial charge in [-0.2, -0.15) is 5.26 Å². The molecule has 6 nitrogen and oxygen atoms in total. The van der Waals surface area contributed by atoms with Gasteiger partial charge in [-0.3, -0.25) is 15.0 Å². The lowest BCUT2D eigenvalue weighted by Gasteiger charge is -2.38. The lowest BCUT2D eigenvalue weighted by Crippen LogP contribution is -2.50. The van der Waals surface area contributed by atoms with Crippen molar-refractivity contribution in [3.05, 3.63) is 33.3 Å². The molecule has 0 spiro atoms. The minimum absolute atomic E-state index is 0.00193. The summed E-state index contributed by atoms with van der Waals surface area (Å²) in [5.74, 6) is 0. The van der Waals surface area contributed by atoms with Crippen LogP contribution in [0.4, 0.5) is 11.4 Å². The van der Waals surface area contributed by atoms with E-state index in [1.807, 2.05) is 6.92 Å². The maximum absolute atomic E-state index is 10.7. The number of piperazine rings is 1. The maximum atomic E-state index is 10.7. The smallest absolute Gasteiger partial charge is 0.271 e. The SMILES string of the molecule is CCC(C#N)N1CCN(c2ccc([N+](=O)[O-])cc2Cl)CC1. The third kappa shape index (κ3) is 3.43. The van der Waals surface area contributed by atoms with Crippen LogP contribution < -0.4 is 4.90 Å². The molecule has 0 saturated carbocycles. The van der Waals surface area contributed by atoms with E-state index < -0.39 is 4.92 Å². The van der Waals surface area contributed by atoms with Crippen LogP contribution in [-0.2, 0) is 0 Å². The Morgan fingerprint density at radius 2 is 2.10 bits per heavy atom. The van der Waals surface area contributed by atoms with Crippen molar-refractivity contribution in [2.24, 2.45) is 0 Å². The van der Waals surface area contributed by atoms with Crippen molar-refractivity contribution in [2.75, 3.05) is 31.1 Å². The molecule has 0 amide bonds. The van der Waals surface area contributed by atoms with Crippen LogP contribution in [0.3, 0.4) is 0 Å². The van der Waals surface area contributed by atoms with Crippen molar-refractivity contribution in [3.63, 3.8) is 0 Å². The van der Waals surface area contributed by atoms with Gasteiger partial charge in [0.1, 0.15) is 0 Å². The van der Waals surface area contributed by atoms with Crippen LogP contribution in [0.15, 0.2) is 18.2 Å². The monoisotopic (exact) mass is 308 g/mol. The third-order valence-corrected chi connectivity index (χ3v) is 4.08. The Balaban J connectivity index is 2.06. The van der Waals surface area contributed by atoms with Crippen molar-refractivity contribution < 1.29 is 4.92 Å². The van der Waals surface area contributed by atoms with E-state index in [1.165, 1.54) is 12.1 Å². The number of hydrogen-bond donors (Lipinski definition) is 0. The summed E-state index contributed by atoms with van der Waals surface area (Å²) in [6.07, 6.45) is 0.814. The van der Waals surface area contributed by atoms with Crippen molar-refractivity contribution in [3.8, 4) is 6.07 Å². The standard InChI is InChI=1S/C14H17ClN4O2/c1-2-11(10-16)17-5-7-18(8-6-17)14-4-3-12(19(20)21)9-13(14)15/h3-4,9,11H,2,5-8H2,1H3. The van der Waals surface area contributed by atoms with Gasteiger partial charge in [0, 0.05) is 38.3 Å². The highest BCUT2D eigenvalue weighted by Gasteiger charge is 2.24. The Morgan fingerprint density at radius 1 is 1.43 bits per heavy atom. The third-order valence-electron chi connectivity index (χ3n) is 3.77. The van der Waals surface area contributed by atoms with Gasteiger partial charge < -0.3 is 4.90 Å². The first kappa shape index (κ1) is 15.5. The summed E-state index contributed by atoms with van der Waals surface area (Å²) < 4.78 is 0. The number of hydrogen-bond acceptors (Lipinski definition) is 5. The summed E-state index contributed by atoms with van der Waals surface area (Å²) in [4.78, 5) is 14.5. The normalized spacial score (nSPS) is 17.3. The van der Waals surface area contributed by atoms with Crippen LogP contribution in [0.1, 0.15) is 13.3 Å². The molecular weight excluding hydrogens is 292 g/mol. The van der Waals surface area contributed by atoms with Gasteiger partial charge in [-0.1, -0.05) is 18.5 Å². The van der Waals surface area contributed by atoms with E-state index in [0.717, 1.165) is 38.3 Å². The topological polar surface area (TPSA) is 73.4 Å². The zero-order chi connectivity index (χ0) is 15.4. The second-order valence-corrected chi connectivity index (χ2v) is 5.38. The molecule has 0 radical (unpaired) electrons. The van der Waals surface area contributed by atoms with Gasteiger partial charge in [-0.15, -0.1) is 0 Å². The summed E-state index contributed by atoms with van der Waals surface area (Å²) in [6, 6.07) is 6.82. The molecule has 21 heavy (non-hydrogen) atoms. The van der Waals surface area contributed by atoms with E-state index in [1.54, 1.807) is 6.07 Å². The van der Waals surface area contributed by atoms with Crippen LogP contribution in [0.25, 0.3) is 0 Å². The zero-order valence-corrected chi connectivity index (χ0v) is 12.6. The van der Waals surface area contributed by atoms with Crippen LogP contribution in [-0.4, -0.2) is 42.0 Å². The highest BCUT2D eigenvalue weighted by Crippen LogP contribution is 2.30. The summed E-state index contributed by atoms with van der Waals surface area (Å²) in [5.41, 5.74) is 0.810. The van der Waals surface area contributed by atoms with Gasteiger partial charge in [-0.25, -0.2) is 0 Å². The predicted octanol–water partition coefficient (Wildman–Crippen LogP) is 2.67. The number of nitro groups is 1. The van der Waals surface area contributed by atoms with E-state index in [-0.39, 0.29) is 11.7 Å². The van der Waals surface area contributed by atoms with E-state index in [0.29, 0.717) is 5.02 Å². The molecule has 1 aliphatic rings. The average molecular weight is 309 g/mol. The summed E-state index contributed by atoms with van der Waals surface area (Å²) in [7, 11) is 0. The zero-order valence-electron chi connectivity index (χ0n) is 11.8. The van der Waals surface area contributed by atoms with E-state index >= 15 is 0 Å². The molecule has 0 aliphatic carbocycles. The summed E-state index contributed by atoms with van der Waals surface area (Å²) >= 11 is 6.15. The lowest BCUT2D eigenvalue weighted by atomic mass is 10.1. The second-order valence-electron chi connectivity index (χ2n) is 4.97. The number of nitro benzene ring substituents is 1. The van der Waals surface area contributed by atoms with Crippen LogP contribution in [0.5, 0.6) is 0 Å². The number of non-ortho nitro benzene ring substituents is 1. The fourth-order valence-corrected chi connectivity index (χ4v) is 2.87. The molecule has 0 bridgehead atoms. The molecule has 1 saturated heterocycles. The highest BCUT2D eigenvalue weighted by molar-refractivity contribution is 6.33. The molecule has 1 aromatic carbocycles. The first-order valence-electron chi connectivity index (χ1n) is 6.89. The second kappa shape index (κ2) is 6.74. The number of benzene rings is 1. The van der Waals surface area contributed by atoms with Crippen molar-refractivity contribution in [1.82, 2.24) is 4.90 Å². The molecule has 1 heterocycles. The number of anilines is 1.